The van der Waals surface area contributed by atoms with E-state index in [2.05, 4.69) is 17.4 Å². The van der Waals surface area contributed by atoms with Crippen LogP contribution in [-0.2, 0) is 13.0 Å². The normalized spacial score (nSPS) is 10.4. The van der Waals surface area contributed by atoms with Gasteiger partial charge in [-0.2, -0.15) is 0 Å². The second-order valence-electron chi connectivity index (χ2n) is 4.63. The van der Waals surface area contributed by atoms with Gasteiger partial charge >= 0.3 is 0 Å². The molecule has 100 valence electrons. The average molecular weight is 256 g/mol. The molecule has 0 amide bonds. The molecule has 3 heteroatoms. The number of anilines is 1. The lowest BCUT2D eigenvalue weighted by molar-refractivity contribution is 0.701. The van der Waals surface area contributed by atoms with Crippen molar-refractivity contribution in [3.8, 4) is 0 Å². The molecular formula is C16H20N2O. The lowest BCUT2D eigenvalue weighted by atomic mass is 10.1. The Kier molecular flexibility index (Phi) is 4.39. The fourth-order valence-electron chi connectivity index (χ4n) is 2.23. The van der Waals surface area contributed by atoms with E-state index in [1.165, 1.54) is 5.56 Å². The molecule has 0 unspecified atom stereocenters. The van der Waals surface area contributed by atoms with Crippen molar-refractivity contribution in [1.29, 1.82) is 0 Å². The van der Waals surface area contributed by atoms with Gasteiger partial charge < -0.3 is 9.88 Å². The van der Waals surface area contributed by atoms with Gasteiger partial charge in [0, 0.05) is 30.5 Å². The van der Waals surface area contributed by atoms with E-state index in [0.717, 1.165) is 30.9 Å². The van der Waals surface area contributed by atoms with Gasteiger partial charge in [0.1, 0.15) is 0 Å². The molecule has 1 heterocycles. The molecular weight excluding hydrogens is 236 g/mol. The summed E-state index contributed by atoms with van der Waals surface area (Å²) in [5.41, 5.74) is 3.26. The highest BCUT2D eigenvalue weighted by molar-refractivity contribution is 5.43. The summed E-state index contributed by atoms with van der Waals surface area (Å²) in [5, 5.41) is 3.31. The number of aryl methyl sites for hydroxylation is 1. The maximum absolute atomic E-state index is 11.8. The predicted molar refractivity (Wildman–Crippen MR) is 79.7 cm³/mol. The predicted octanol–water partition coefficient (Wildman–Crippen LogP) is 2.83. The molecule has 0 aliphatic heterocycles. The molecule has 0 atom stereocenters. The fourth-order valence-corrected chi connectivity index (χ4v) is 2.23. The minimum absolute atomic E-state index is 0.0599. The van der Waals surface area contributed by atoms with Crippen LogP contribution in [0.2, 0.25) is 0 Å². The van der Waals surface area contributed by atoms with Crippen LogP contribution in [0, 0.1) is 6.92 Å². The highest BCUT2D eigenvalue weighted by atomic mass is 16.1. The Morgan fingerprint density at radius 1 is 1.16 bits per heavy atom. The summed E-state index contributed by atoms with van der Waals surface area (Å²) < 4.78 is 1.77. The largest absolute Gasteiger partial charge is 0.385 e. The van der Waals surface area contributed by atoms with Crippen LogP contribution in [0.25, 0.3) is 0 Å². The molecule has 0 fully saturated rings. The molecule has 0 bridgehead atoms. The zero-order valence-electron chi connectivity index (χ0n) is 11.5. The van der Waals surface area contributed by atoms with Crippen LogP contribution in [0.3, 0.4) is 0 Å². The van der Waals surface area contributed by atoms with Crippen molar-refractivity contribution in [2.24, 2.45) is 0 Å². The first-order valence-corrected chi connectivity index (χ1v) is 6.70. The zero-order chi connectivity index (χ0) is 13.7. The Labute approximate surface area is 113 Å². The van der Waals surface area contributed by atoms with Crippen LogP contribution in [0.4, 0.5) is 5.69 Å². The van der Waals surface area contributed by atoms with Crippen molar-refractivity contribution in [3.05, 3.63) is 64.1 Å². The average Bonchev–Trinajstić information content (AvgIpc) is 2.40. The quantitative estimate of drug-likeness (QED) is 0.892. The van der Waals surface area contributed by atoms with Gasteiger partial charge in [0.25, 0.3) is 5.56 Å². The van der Waals surface area contributed by atoms with E-state index >= 15 is 0 Å². The summed E-state index contributed by atoms with van der Waals surface area (Å²) in [6.07, 6.45) is 0.955. The first-order chi connectivity index (χ1) is 9.20. The van der Waals surface area contributed by atoms with Gasteiger partial charge in [0.05, 0.1) is 0 Å². The van der Waals surface area contributed by atoms with Crippen LogP contribution in [-0.4, -0.2) is 11.1 Å². The number of pyridine rings is 1. The van der Waals surface area contributed by atoms with Crippen molar-refractivity contribution in [2.45, 2.75) is 26.8 Å². The maximum atomic E-state index is 11.8. The number of hydrogen-bond acceptors (Lipinski definition) is 2. The first kappa shape index (κ1) is 13.4. The molecule has 2 rings (SSSR count). The van der Waals surface area contributed by atoms with Crippen LogP contribution < -0.4 is 10.9 Å². The van der Waals surface area contributed by atoms with Crippen molar-refractivity contribution in [3.63, 3.8) is 0 Å². The Morgan fingerprint density at radius 2 is 1.89 bits per heavy atom. The Morgan fingerprint density at radius 3 is 2.53 bits per heavy atom. The van der Waals surface area contributed by atoms with Crippen molar-refractivity contribution in [1.82, 2.24) is 4.57 Å². The molecule has 3 nitrogen and oxygen atoms in total. The summed E-state index contributed by atoms with van der Waals surface area (Å²) in [4.78, 5) is 11.8. The maximum Gasteiger partial charge on any atom is 0.252 e. The topological polar surface area (TPSA) is 34.0 Å². The van der Waals surface area contributed by atoms with Gasteiger partial charge in [-0.15, -0.1) is 0 Å². The molecule has 19 heavy (non-hydrogen) atoms. The molecule has 0 spiro atoms. The van der Waals surface area contributed by atoms with E-state index in [1.807, 2.05) is 38.1 Å². The molecule has 1 aromatic heterocycles. The fraction of sp³-hybridized carbons (Fsp3) is 0.312. The van der Waals surface area contributed by atoms with E-state index in [9.17, 15) is 4.79 Å². The van der Waals surface area contributed by atoms with Crippen LogP contribution in [0.5, 0.6) is 0 Å². The zero-order valence-corrected chi connectivity index (χ0v) is 11.5. The SMILES string of the molecule is CCn1c(C)cc(NCCc2ccccc2)cc1=O. The molecule has 0 aliphatic carbocycles. The highest BCUT2D eigenvalue weighted by Gasteiger charge is 2.01. The first-order valence-electron chi connectivity index (χ1n) is 6.70. The third kappa shape index (κ3) is 3.47. The van der Waals surface area contributed by atoms with Gasteiger partial charge in [-0.25, -0.2) is 0 Å². The summed E-state index contributed by atoms with van der Waals surface area (Å²) in [5.74, 6) is 0. The molecule has 1 aromatic carbocycles. The Hall–Kier alpha value is -2.03. The standard InChI is InChI=1S/C16H20N2O/c1-3-18-13(2)11-15(12-16(18)19)17-10-9-14-7-5-4-6-8-14/h4-8,11-12,17H,3,9-10H2,1-2H3. The highest BCUT2D eigenvalue weighted by Crippen LogP contribution is 2.07. The summed E-state index contributed by atoms with van der Waals surface area (Å²) in [6.45, 7) is 5.50. The molecule has 1 N–H and O–H groups in total. The number of benzene rings is 1. The van der Waals surface area contributed by atoms with Gasteiger partial charge in [-0.3, -0.25) is 4.79 Å². The van der Waals surface area contributed by atoms with Gasteiger partial charge in [0.2, 0.25) is 0 Å². The number of hydrogen-bond donors (Lipinski definition) is 1. The second-order valence-corrected chi connectivity index (χ2v) is 4.63. The molecule has 0 aliphatic rings. The number of rotatable bonds is 5. The van der Waals surface area contributed by atoms with E-state index in [1.54, 1.807) is 10.6 Å². The molecule has 0 saturated carbocycles. The number of aromatic nitrogens is 1. The minimum atomic E-state index is 0.0599. The summed E-state index contributed by atoms with van der Waals surface area (Å²) in [7, 11) is 0. The summed E-state index contributed by atoms with van der Waals surface area (Å²) in [6, 6.07) is 14.0. The van der Waals surface area contributed by atoms with Crippen LogP contribution >= 0.6 is 0 Å². The van der Waals surface area contributed by atoms with Gasteiger partial charge in [-0.05, 0) is 31.9 Å². The Bertz CT molecular complexity index is 587. The van der Waals surface area contributed by atoms with E-state index in [4.69, 9.17) is 0 Å². The number of nitrogens with zero attached hydrogens (tertiary/aromatic N) is 1. The van der Waals surface area contributed by atoms with E-state index < -0.39 is 0 Å². The lowest BCUT2D eigenvalue weighted by Crippen LogP contribution is -2.21. The minimum Gasteiger partial charge on any atom is -0.385 e. The van der Waals surface area contributed by atoms with Crippen LogP contribution in [0.15, 0.2) is 47.3 Å². The molecule has 2 aromatic rings. The third-order valence-corrected chi connectivity index (χ3v) is 3.24. The summed E-state index contributed by atoms with van der Waals surface area (Å²) >= 11 is 0. The smallest absolute Gasteiger partial charge is 0.252 e. The third-order valence-electron chi connectivity index (χ3n) is 3.24. The van der Waals surface area contributed by atoms with E-state index in [0.29, 0.717) is 0 Å². The number of nitrogens with one attached hydrogen (secondary N) is 1. The van der Waals surface area contributed by atoms with Crippen LogP contribution in [0.1, 0.15) is 18.2 Å². The van der Waals surface area contributed by atoms with Crippen molar-refractivity contribution < 1.29 is 0 Å². The molecule has 0 saturated heterocycles. The van der Waals surface area contributed by atoms with E-state index in [-0.39, 0.29) is 5.56 Å². The lowest BCUT2D eigenvalue weighted by Gasteiger charge is -2.11. The van der Waals surface area contributed by atoms with Crippen molar-refractivity contribution >= 4 is 5.69 Å². The van der Waals surface area contributed by atoms with Crippen molar-refractivity contribution in [2.75, 3.05) is 11.9 Å². The van der Waals surface area contributed by atoms with Gasteiger partial charge in [0.15, 0.2) is 0 Å². The van der Waals surface area contributed by atoms with Gasteiger partial charge in [-0.1, -0.05) is 30.3 Å². The second kappa shape index (κ2) is 6.23. The molecule has 0 radical (unpaired) electrons. The monoisotopic (exact) mass is 256 g/mol. The Balaban J connectivity index is 1.99.